The average Bonchev–Trinajstić information content (AvgIpc) is 3.29. The summed E-state index contributed by atoms with van der Waals surface area (Å²) in [5.74, 6) is 1.46. The fourth-order valence-electron chi connectivity index (χ4n) is 7.41. The zero-order chi connectivity index (χ0) is 37.3. The fraction of sp³-hybridized carbons (Fsp3) is 0. The molecule has 0 fully saturated rings. The Morgan fingerprint density at radius 2 is 0.696 bits per heavy atom. The molecule has 0 unspecified atom stereocenters. The largest absolute Gasteiger partial charge is 0.264 e. The van der Waals surface area contributed by atoms with E-state index in [4.69, 9.17) is 24.9 Å². The summed E-state index contributed by atoms with van der Waals surface area (Å²) in [7, 11) is 0. The lowest BCUT2D eigenvalue weighted by Gasteiger charge is -2.14. The number of nitrogens with zero attached hydrogens (tertiary/aromatic N) is 6. The van der Waals surface area contributed by atoms with Crippen molar-refractivity contribution in [3.05, 3.63) is 195 Å². The van der Waals surface area contributed by atoms with E-state index in [0.717, 1.165) is 71.6 Å². The van der Waals surface area contributed by atoms with Gasteiger partial charge in [0, 0.05) is 57.8 Å². The summed E-state index contributed by atoms with van der Waals surface area (Å²) in [6.07, 6.45) is 7.46. The molecule has 6 heteroatoms. The van der Waals surface area contributed by atoms with Crippen molar-refractivity contribution in [3.8, 4) is 78.9 Å². The van der Waals surface area contributed by atoms with E-state index in [1.165, 1.54) is 0 Å². The van der Waals surface area contributed by atoms with Crippen LogP contribution in [0.2, 0.25) is 0 Å². The highest BCUT2D eigenvalue weighted by Crippen LogP contribution is 2.38. The van der Waals surface area contributed by atoms with Gasteiger partial charge in [0.25, 0.3) is 0 Å². The van der Waals surface area contributed by atoms with Crippen LogP contribution < -0.4 is 0 Å². The number of fused-ring (bicyclic) bond motifs is 2. The molecule has 6 nitrogen and oxygen atoms in total. The molecule has 0 aliphatic heterocycles. The van der Waals surface area contributed by atoms with Gasteiger partial charge in [0.15, 0.2) is 17.5 Å². The van der Waals surface area contributed by atoms with Crippen LogP contribution in [0.5, 0.6) is 0 Å². The molecule has 0 saturated heterocycles. The molecule has 0 bridgehead atoms. The molecule has 0 spiro atoms. The lowest BCUT2D eigenvalue weighted by molar-refractivity contribution is 1.05. The van der Waals surface area contributed by atoms with E-state index in [1.807, 2.05) is 73.2 Å². The van der Waals surface area contributed by atoms with Crippen molar-refractivity contribution in [2.75, 3.05) is 0 Å². The topological polar surface area (TPSA) is 77.3 Å². The third-order valence-electron chi connectivity index (χ3n) is 10.1. The van der Waals surface area contributed by atoms with Gasteiger partial charge in [-0.3, -0.25) is 15.0 Å². The van der Waals surface area contributed by atoms with Crippen molar-refractivity contribution >= 4 is 21.5 Å². The number of rotatable bonds is 7. The lowest BCUT2D eigenvalue weighted by Crippen LogP contribution is -2.04. The van der Waals surface area contributed by atoms with Gasteiger partial charge in [-0.2, -0.15) is 0 Å². The summed E-state index contributed by atoms with van der Waals surface area (Å²) in [4.78, 5) is 30.2. The first-order chi connectivity index (χ1) is 27.8. The molecule has 0 aliphatic carbocycles. The predicted octanol–water partition coefficient (Wildman–Crippen LogP) is 12.0. The second-order valence-corrected chi connectivity index (χ2v) is 13.6. The summed E-state index contributed by atoms with van der Waals surface area (Å²) in [6.45, 7) is 0. The standard InChI is InChI=1S/C50H32N6/c1-4-15-33(16-5-1)37-27-38(34-17-6-2-7-18-34)29-39(28-37)48-54-49(46-42-24-12-10-22-40(42)44(31-52-46)35-19-8-3-9-20-35)56-50(55-48)47-43-25-13-11-23-41(43)45(32-53-47)36-21-14-26-51-30-36/h1-32H. The van der Waals surface area contributed by atoms with Crippen LogP contribution in [0.1, 0.15) is 0 Å². The van der Waals surface area contributed by atoms with Crippen molar-refractivity contribution in [1.82, 2.24) is 29.9 Å². The SMILES string of the molecule is c1ccc(-c2cc(-c3ccccc3)cc(-c3nc(-c4ncc(-c5ccccc5)c5ccccc45)nc(-c4ncc(-c5cccnc5)c5ccccc45)n3)c2)cc1. The van der Waals surface area contributed by atoms with Crippen LogP contribution in [0, 0.1) is 0 Å². The zero-order valence-electron chi connectivity index (χ0n) is 30.2. The molecule has 0 aliphatic rings. The van der Waals surface area contributed by atoms with Crippen LogP contribution in [0.4, 0.5) is 0 Å². The summed E-state index contributed by atoms with van der Waals surface area (Å²) >= 11 is 0. The van der Waals surface area contributed by atoms with Crippen molar-refractivity contribution in [2.45, 2.75) is 0 Å². The van der Waals surface area contributed by atoms with Gasteiger partial charge in [-0.15, -0.1) is 0 Å². The molecule has 0 amide bonds. The van der Waals surface area contributed by atoms with Gasteiger partial charge in [0.1, 0.15) is 11.4 Å². The van der Waals surface area contributed by atoms with Gasteiger partial charge >= 0.3 is 0 Å². The van der Waals surface area contributed by atoms with Crippen molar-refractivity contribution in [2.24, 2.45) is 0 Å². The van der Waals surface area contributed by atoms with E-state index in [-0.39, 0.29) is 0 Å². The molecule has 10 rings (SSSR count). The van der Waals surface area contributed by atoms with Gasteiger partial charge in [-0.1, -0.05) is 146 Å². The molecule has 6 aromatic carbocycles. The maximum Gasteiger partial charge on any atom is 0.183 e. The summed E-state index contributed by atoms with van der Waals surface area (Å²) in [5.41, 5.74) is 10.6. The Morgan fingerprint density at radius 1 is 0.286 bits per heavy atom. The second-order valence-electron chi connectivity index (χ2n) is 13.6. The smallest absolute Gasteiger partial charge is 0.183 e. The molecule has 262 valence electrons. The Morgan fingerprint density at radius 3 is 1.20 bits per heavy atom. The van der Waals surface area contributed by atoms with Gasteiger partial charge in [-0.05, 0) is 62.9 Å². The average molecular weight is 717 g/mol. The number of hydrogen-bond acceptors (Lipinski definition) is 6. The van der Waals surface area contributed by atoms with E-state index in [1.54, 1.807) is 6.20 Å². The van der Waals surface area contributed by atoms with Gasteiger partial charge < -0.3 is 0 Å². The summed E-state index contributed by atoms with van der Waals surface area (Å²) in [5, 5.41) is 3.97. The molecule has 0 radical (unpaired) electrons. The lowest BCUT2D eigenvalue weighted by atomic mass is 9.95. The molecule has 0 saturated carbocycles. The van der Waals surface area contributed by atoms with Crippen LogP contribution in [-0.4, -0.2) is 29.9 Å². The van der Waals surface area contributed by atoms with Gasteiger partial charge in [0.2, 0.25) is 0 Å². The zero-order valence-corrected chi connectivity index (χ0v) is 30.2. The first-order valence-corrected chi connectivity index (χ1v) is 18.5. The van der Waals surface area contributed by atoms with E-state index in [2.05, 4.69) is 120 Å². The second kappa shape index (κ2) is 14.3. The predicted molar refractivity (Wildman–Crippen MR) is 226 cm³/mol. The van der Waals surface area contributed by atoms with E-state index in [0.29, 0.717) is 28.9 Å². The van der Waals surface area contributed by atoms with E-state index in [9.17, 15) is 0 Å². The normalized spacial score (nSPS) is 11.2. The molecular formula is C50H32N6. The first kappa shape index (κ1) is 32.9. The van der Waals surface area contributed by atoms with Crippen molar-refractivity contribution in [1.29, 1.82) is 0 Å². The van der Waals surface area contributed by atoms with Gasteiger partial charge in [0.05, 0.1) is 0 Å². The van der Waals surface area contributed by atoms with E-state index < -0.39 is 0 Å². The molecule has 10 aromatic rings. The minimum atomic E-state index is 0.461. The maximum atomic E-state index is 5.25. The van der Waals surface area contributed by atoms with Crippen molar-refractivity contribution in [3.63, 3.8) is 0 Å². The minimum absolute atomic E-state index is 0.461. The molecule has 56 heavy (non-hydrogen) atoms. The number of hydrogen-bond donors (Lipinski definition) is 0. The monoisotopic (exact) mass is 716 g/mol. The first-order valence-electron chi connectivity index (χ1n) is 18.5. The molecule has 0 N–H and O–H groups in total. The number of aromatic nitrogens is 6. The fourth-order valence-corrected chi connectivity index (χ4v) is 7.41. The maximum absolute atomic E-state index is 5.25. The van der Waals surface area contributed by atoms with Crippen LogP contribution in [-0.2, 0) is 0 Å². The quantitative estimate of drug-likeness (QED) is 0.163. The van der Waals surface area contributed by atoms with Crippen LogP contribution >= 0.6 is 0 Å². The summed E-state index contributed by atoms with van der Waals surface area (Å²) < 4.78 is 0. The van der Waals surface area contributed by atoms with Crippen molar-refractivity contribution < 1.29 is 0 Å². The molecule has 4 aromatic heterocycles. The minimum Gasteiger partial charge on any atom is -0.264 e. The number of pyridine rings is 3. The van der Waals surface area contributed by atoms with Crippen LogP contribution in [0.25, 0.3) is 100 Å². The highest BCUT2D eigenvalue weighted by molar-refractivity contribution is 6.04. The molecule has 0 atom stereocenters. The van der Waals surface area contributed by atoms with E-state index >= 15 is 0 Å². The Kier molecular flexibility index (Phi) is 8.39. The third-order valence-corrected chi connectivity index (χ3v) is 10.1. The van der Waals surface area contributed by atoms with Gasteiger partial charge in [-0.25, -0.2) is 15.0 Å². The Hall–Kier alpha value is -7.70. The molecular weight excluding hydrogens is 685 g/mol. The molecule has 4 heterocycles. The Labute approximate surface area is 324 Å². The number of benzene rings is 6. The highest BCUT2D eigenvalue weighted by atomic mass is 15.1. The Bertz CT molecular complexity index is 2810. The van der Waals surface area contributed by atoms with Crippen LogP contribution in [0.15, 0.2) is 195 Å². The third kappa shape index (κ3) is 6.15. The highest BCUT2D eigenvalue weighted by Gasteiger charge is 2.21. The Balaban J connectivity index is 1.24. The van der Waals surface area contributed by atoms with Crippen LogP contribution in [0.3, 0.4) is 0 Å². The summed E-state index contributed by atoms with van der Waals surface area (Å²) in [6, 6.07) is 58.3.